The summed E-state index contributed by atoms with van der Waals surface area (Å²) in [5.41, 5.74) is 0. The number of nitrogens with zero attached hydrogens (tertiary/aromatic N) is 3. The third-order valence-corrected chi connectivity index (χ3v) is 6.72. The number of hydrogen-bond donors (Lipinski definition) is 1. The molecule has 4 heterocycles. The molecular weight excluding hydrogens is 344 g/mol. The van der Waals surface area contributed by atoms with Gasteiger partial charge < -0.3 is 15.1 Å². The number of carbonyl (C=O) groups is 3. The summed E-state index contributed by atoms with van der Waals surface area (Å²) in [4.78, 5) is 42.4. The van der Waals surface area contributed by atoms with Gasteiger partial charge in [-0.1, -0.05) is 0 Å². The van der Waals surface area contributed by atoms with E-state index in [0.29, 0.717) is 49.7 Å². The Morgan fingerprint density at radius 2 is 1.93 bits per heavy atom. The third-order valence-electron chi connectivity index (χ3n) is 6.72. The van der Waals surface area contributed by atoms with Gasteiger partial charge in [-0.25, -0.2) is 0 Å². The third kappa shape index (κ3) is 4.28. The van der Waals surface area contributed by atoms with Crippen LogP contribution in [0.4, 0.5) is 0 Å². The molecule has 4 aliphatic heterocycles. The zero-order valence-electron chi connectivity index (χ0n) is 16.2. The second-order valence-electron chi connectivity index (χ2n) is 8.75. The number of likely N-dealkylation sites (tertiary alicyclic amines) is 2. The number of piperidine rings is 3. The molecule has 7 nitrogen and oxygen atoms in total. The van der Waals surface area contributed by atoms with E-state index in [9.17, 15) is 14.4 Å². The highest BCUT2D eigenvalue weighted by atomic mass is 16.2. The summed E-state index contributed by atoms with van der Waals surface area (Å²) in [5.74, 6) is 1.70. The zero-order chi connectivity index (χ0) is 18.8. The van der Waals surface area contributed by atoms with Crippen LogP contribution in [0.3, 0.4) is 0 Å². The van der Waals surface area contributed by atoms with Crippen molar-refractivity contribution >= 4 is 17.7 Å². The lowest BCUT2D eigenvalue weighted by Gasteiger charge is -2.52. The summed E-state index contributed by atoms with van der Waals surface area (Å²) in [5, 5.41) is 3.01. The van der Waals surface area contributed by atoms with Gasteiger partial charge in [0.05, 0.1) is 6.54 Å². The average molecular weight is 377 g/mol. The molecule has 2 bridgehead atoms. The van der Waals surface area contributed by atoms with Crippen LogP contribution >= 0.6 is 0 Å². The van der Waals surface area contributed by atoms with Gasteiger partial charge in [-0.2, -0.15) is 0 Å². The normalized spacial score (nSPS) is 31.2. The minimum absolute atomic E-state index is 0.0827. The van der Waals surface area contributed by atoms with Crippen LogP contribution in [0.15, 0.2) is 0 Å². The van der Waals surface area contributed by atoms with Gasteiger partial charge in [-0.15, -0.1) is 0 Å². The molecule has 0 radical (unpaired) electrons. The molecule has 4 rings (SSSR count). The Morgan fingerprint density at radius 3 is 2.74 bits per heavy atom. The molecule has 0 unspecified atom stereocenters. The van der Waals surface area contributed by atoms with Crippen molar-refractivity contribution in [2.24, 2.45) is 11.8 Å². The van der Waals surface area contributed by atoms with Gasteiger partial charge in [0.1, 0.15) is 0 Å². The molecule has 3 amide bonds. The van der Waals surface area contributed by atoms with Gasteiger partial charge in [-0.3, -0.25) is 19.3 Å². The van der Waals surface area contributed by atoms with E-state index in [2.05, 4.69) is 15.1 Å². The maximum atomic E-state index is 12.3. The van der Waals surface area contributed by atoms with E-state index >= 15 is 0 Å². The first kappa shape index (κ1) is 18.7. The Kier molecular flexibility index (Phi) is 5.66. The Hall–Kier alpha value is -1.63. The van der Waals surface area contributed by atoms with Crippen LogP contribution in [0, 0.1) is 11.8 Å². The lowest BCUT2D eigenvalue weighted by Crippen LogP contribution is -2.61. The monoisotopic (exact) mass is 376 g/mol. The fraction of sp³-hybridized carbons (Fsp3) is 0.850. The van der Waals surface area contributed by atoms with E-state index in [4.69, 9.17) is 0 Å². The summed E-state index contributed by atoms with van der Waals surface area (Å²) in [7, 11) is 0. The summed E-state index contributed by atoms with van der Waals surface area (Å²) < 4.78 is 0. The van der Waals surface area contributed by atoms with Crippen molar-refractivity contribution < 1.29 is 14.4 Å². The van der Waals surface area contributed by atoms with Crippen molar-refractivity contribution in [2.75, 3.05) is 45.8 Å². The second-order valence-corrected chi connectivity index (χ2v) is 8.75. The number of rotatable bonds is 6. The minimum atomic E-state index is 0.0827. The highest BCUT2D eigenvalue weighted by Crippen LogP contribution is 2.37. The maximum absolute atomic E-state index is 12.3. The molecule has 0 saturated carbocycles. The van der Waals surface area contributed by atoms with E-state index in [1.54, 1.807) is 0 Å². The van der Waals surface area contributed by atoms with Crippen LogP contribution in [0.2, 0.25) is 0 Å². The van der Waals surface area contributed by atoms with Crippen LogP contribution in [-0.4, -0.2) is 84.3 Å². The van der Waals surface area contributed by atoms with Crippen molar-refractivity contribution in [1.82, 2.24) is 20.0 Å². The Morgan fingerprint density at radius 1 is 1.07 bits per heavy atom. The van der Waals surface area contributed by atoms with Crippen molar-refractivity contribution in [1.29, 1.82) is 0 Å². The van der Waals surface area contributed by atoms with Crippen molar-refractivity contribution in [2.45, 2.75) is 51.0 Å². The smallest absolute Gasteiger partial charge is 0.234 e. The molecule has 3 atom stereocenters. The Balaban J connectivity index is 1.19. The fourth-order valence-corrected chi connectivity index (χ4v) is 5.54. The number of carbonyl (C=O) groups excluding carboxylic acids is 3. The first-order chi connectivity index (χ1) is 13.1. The highest BCUT2D eigenvalue weighted by molar-refractivity contribution is 5.79. The molecule has 150 valence electrons. The molecule has 4 saturated heterocycles. The van der Waals surface area contributed by atoms with Crippen LogP contribution in [0.25, 0.3) is 0 Å². The van der Waals surface area contributed by atoms with E-state index in [1.807, 2.05) is 4.90 Å². The molecule has 4 aliphatic rings. The maximum Gasteiger partial charge on any atom is 0.234 e. The second kappa shape index (κ2) is 8.17. The largest absolute Gasteiger partial charge is 0.355 e. The lowest BCUT2D eigenvalue weighted by atomic mass is 9.76. The topological polar surface area (TPSA) is 73.0 Å². The van der Waals surface area contributed by atoms with Gasteiger partial charge >= 0.3 is 0 Å². The van der Waals surface area contributed by atoms with Gasteiger partial charge in [0, 0.05) is 58.2 Å². The van der Waals surface area contributed by atoms with Gasteiger partial charge in [-0.05, 0) is 43.9 Å². The fourth-order valence-electron chi connectivity index (χ4n) is 5.54. The van der Waals surface area contributed by atoms with Gasteiger partial charge in [0.25, 0.3) is 0 Å². The van der Waals surface area contributed by atoms with Crippen LogP contribution in [-0.2, 0) is 14.4 Å². The SMILES string of the molecule is O=C(CN1C[C@H]2C[C@H](C1)[C@H]1CCCC(=O)N1C2)NCCCN1CCCC1=O. The Labute approximate surface area is 161 Å². The van der Waals surface area contributed by atoms with Crippen LogP contribution in [0.1, 0.15) is 44.9 Å². The number of fused-ring (bicyclic) bond motifs is 4. The molecule has 0 aromatic heterocycles. The summed E-state index contributed by atoms with van der Waals surface area (Å²) in [6.45, 7) is 5.43. The molecule has 7 heteroatoms. The van der Waals surface area contributed by atoms with Crippen LogP contribution in [0.5, 0.6) is 0 Å². The number of nitrogens with one attached hydrogen (secondary N) is 1. The number of amides is 3. The van der Waals surface area contributed by atoms with Crippen molar-refractivity contribution in [3.05, 3.63) is 0 Å². The van der Waals surface area contributed by atoms with Crippen LogP contribution < -0.4 is 5.32 Å². The predicted octanol–water partition coefficient (Wildman–Crippen LogP) is 0.448. The van der Waals surface area contributed by atoms with Gasteiger partial charge in [0.2, 0.25) is 17.7 Å². The first-order valence-electron chi connectivity index (χ1n) is 10.7. The van der Waals surface area contributed by atoms with Gasteiger partial charge in [0.15, 0.2) is 0 Å². The Bertz CT molecular complexity index is 596. The molecule has 0 aromatic carbocycles. The van der Waals surface area contributed by atoms with E-state index in [-0.39, 0.29) is 11.8 Å². The molecule has 1 N–H and O–H groups in total. The first-order valence-corrected chi connectivity index (χ1v) is 10.7. The molecule has 0 aromatic rings. The molecular formula is C20H32N4O3. The van der Waals surface area contributed by atoms with E-state index in [0.717, 1.165) is 58.4 Å². The number of hydrogen-bond acceptors (Lipinski definition) is 4. The summed E-state index contributed by atoms with van der Waals surface area (Å²) in [6, 6.07) is 0.395. The molecule has 0 spiro atoms. The predicted molar refractivity (Wildman–Crippen MR) is 101 cm³/mol. The lowest BCUT2D eigenvalue weighted by molar-refractivity contribution is -0.145. The van der Waals surface area contributed by atoms with Crippen molar-refractivity contribution in [3.63, 3.8) is 0 Å². The molecule has 27 heavy (non-hydrogen) atoms. The van der Waals surface area contributed by atoms with E-state index in [1.165, 1.54) is 6.42 Å². The molecule has 4 fully saturated rings. The quantitative estimate of drug-likeness (QED) is 0.683. The highest BCUT2D eigenvalue weighted by Gasteiger charge is 2.43. The van der Waals surface area contributed by atoms with E-state index < -0.39 is 0 Å². The standard InChI is InChI=1S/C20H32N4O3/c25-18(21-7-3-9-23-8-2-6-19(23)26)14-22-11-15-10-16(13-22)17-4-1-5-20(27)24(17)12-15/h15-17H,1-14H2,(H,21,25)/t15-,16-,17-/m1/s1. The minimum Gasteiger partial charge on any atom is -0.355 e. The summed E-state index contributed by atoms with van der Waals surface area (Å²) in [6.07, 6.45) is 6.52. The average Bonchev–Trinajstić information content (AvgIpc) is 3.05. The molecule has 0 aliphatic carbocycles. The zero-order valence-corrected chi connectivity index (χ0v) is 16.2. The van der Waals surface area contributed by atoms with Crippen molar-refractivity contribution in [3.8, 4) is 0 Å². The summed E-state index contributed by atoms with van der Waals surface area (Å²) >= 11 is 0.